The van der Waals surface area contributed by atoms with E-state index in [0.717, 1.165) is 50.1 Å². The first-order chi connectivity index (χ1) is 14.1. The zero-order valence-corrected chi connectivity index (χ0v) is 17.5. The molecule has 0 radical (unpaired) electrons. The van der Waals surface area contributed by atoms with Gasteiger partial charge in [0.1, 0.15) is 5.58 Å². The van der Waals surface area contributed by atoms with E-state index in [2.05, 4.69) is 17.1 Å². The number of unbranched alkanes of at least 4 members (excludes halogenated alkanes) is 1. The fourth-order valence-electron chi connectivity index (χ4n) is 3.64. The first-order valence-corrected chi connectivity index (χ1v) is 11.6. The average Bonchev–Trinajstić information content (AvgIpc) is 3.20. The Balaban J connectivity index is 1.65. The molecule has 7 heteroatoms. The highest BCUT2D eigenvalue weighted by atomic mass is 32.2. The minimum atomic E-state index is -3.78. The van der Waals surface area contributed by atoms with Crippen LogP contribution in [0, 0.1) is 0 Å². The van der Waals surface area contributed by atoms with Crippen molar-refractivity contribution < 1.29 is 12.8 Å². The highest BCUT2D eigenvalue weighted by Gasteiger charge is 2.28. The van der Waals surface area contributed by atoms with Crippen molar-refractivity contribution in [2.24, 2.45) is 0 Å². The number of para-hydroxylation sites is 1. The van der Waals surface area contributed by atoms with Crippen LogP contribution in [0.2, 0.25) is 0 Å². The fraction of sp³-hybridized carbons (Fsp3) is 0.364. The molecule has 0 bridgehead atoms. The van der Waals surface area contributed by atoms with Gasteiger partial charge in [0.05, 0.1) is 5.69 Å². The molecule has 0 spiro atoms. The van der Waals surface area contributed by atoms with E-state index in [4.69, 9.17) is 4.42 Å². The minimum Gasteiger partial charge on any atom is -0.443 e. The van der Waals surface area contributed by atoms with Crippen LogP contribution >= 0.6 is 0 Å². The molecule has 1 fully saturated rings. The number of furan rings is 1. The molecule has 3 aromatic rings. The summed E-state index contributed by atoms with van der Waals surface area (Å²) in [5.74, 6) is 0. The summed E-state index contributed by atoms with van der Waals surface area (Å²) in [7, 11) is -3.78. The lowest BCUT2D eigenvalue weighted by Crippen LogP contribution is -2.43. The molecule has 1 aliphatic heterocycles. The Morgan fingerprint density at radius 2 is 1.79 bits per heavy atom. The molecule has 4 rings (SSSR count). The van der Waals surface area contributed by atoms with Crippen molar-refractivity contribution in [2.75, 3.05) is 41.9 Å². The topological polar surface area (TPSA) is 65.8 Å². The van der Waals surface area contributed by atoms with Crippen LogP contribution in [0.5, 0.6) is 0 Å². The molecule has 1 aromatic heterocycles. The van der Waals surface area contributed by atoms with Crippen molar-refractivity contribution in [1.29, 1.82) is 0 Å². The molecule has 0 atom stereocenters. The van der Waals surface area contributed by atoms with Crippen LogP contribution in [-0.4, -0.2) is 41.1 Å². The molecule has 1 saturated heterocycles. The lowest BCUT2D eigenvalue weighted by molar-refractivity contribution is 0.479. The van der Waals surface area contributed by atoms with Crippen LogP contribution < -0.4 is 14.5 Å². The van der Waals surface area contributed by atoms with Gasteiger partial charge in [0, 0.05) is 49.9 Å². The molecule has 0 aliphatic carbocycles. The maximum Gasteiger partial charge on any atom is 0.297 e. The highest BCUT2D eigenvalue weighted by molar-refractivity contribution is 7.92. The molecule has 154 valence electrons. The summed E-state index contributed by atoms with van der Waals surface area (Å²) in [5.41, 5.74) is 2.36. The Bertz CT molecular complexity index is 1020. The first kappa shape index (κ1) is 19.8. The average molecular weight is 414 g/mol. The second-order valence-electron chi connectivity index (χ2n) is 7.29. The minimum absolute atomic E-state index is 0.0130. The van der Waals surface area contributed by atoms with Gasteiger partial charge in [0.15, 0.2) is 0 Å². The standard InChI is InChI=1S/C22H27N3O3S/c1-2-3-14-25(20-10-8-19(9-11-20)24-15-12-23-13-16-24)29(26,27)22-17-18-6-4-5-7-21(18)28-22/h4-11,17,23H,2-3,12-16H2,1H3. The molecule has 1 aliphatic rings. The van der Waals surface area contributed by atoms with Crippen LogP contribution in [0.4, 0.5) is 11.4 Å². The van der Waals surface area contributed by atoms with Gasteiger partial charge >= 0.3 is 0 Å². The van der Waals surface area contributed by atoms with E-state index in [1.165, 1.54) is 4.31 Å². The summed E-state index contributed by atoms with van der Waals surface area (Å²) < 4.78 is 34.0. The maximum atomic E-state index is 13.4. The van der Waals surface area contributed by atoms with Crippen molar-refractivity contribution in [3.63, 3.8) is 0 Å². The van der Waals surface area contributed by atoms with Crippen LogP contribution in [0.3, 0.4) is 0 Å². The van der Waals surface area contributed by atoms with Crippen molar-refractivity contribution >= 4 is 32.4 Å². The van der Waals surface area contributed by atoms with Gasteiger partial charge in [0.25, 0.3) is 10.0 Å². The highest BCUT2D eigenvalue weighted by Crippen LogP contribution is 2.30. The van der Waals surface area contributed by atoms with Gasteiger partial charge in [-0.25, -0.2) is 0 Å². The molecular weight excluding hydrogens is 386 g/mol. The normalized spacial score (nSPS) is 15.0. The van der Waals surface area contributed by atoms with Crippen LogP contribution in [0.25, 0.3) is 11.0 Å². The summed E-state index contributed by atoms with van der Waals surface area (Å²) in [4.78, 5) is 2.31. The Hall–Kier alpha value is -2.51. The third kappa shape index (κ3) is 4.11. The Kier molecular flexibility index (Phi) is 5.78. The Morgan fingerprint density at radius 1 is 1.07 bits per heavy atom. The Morgan fingerprint density at radius 3 is 2.48 bits per heavy atom. The summed E-state index contributed by atoms with van der Waals surface area (Å²) >= 11 is 0. The second-order valence-corrected chi connectivity index (χ2v) is 9.08. The molecule has 2 aromatic carbocycles. The number of nitrogens with zero attached hydrogens (tertiary/aromatic N) is 2. The molecule has 1 N–H and O–H groups in total. The zero-order chi connectivity index (χ0) is 20.3. The van der Waals surface area contributed by atoms with Crippen molar-refractivity contribution in [3.8, 4) is 0 Å². The Labute approximate surface area is 172 Å². The van der Waals surface area contributed by atoms with E-state index in [9.17, 15) is 8.42 Å². The van der Waals surface area contributed by atoms with E-state index in [0.29, 0.717) is 17.8 Å². The van der Waals surface area contributed by atoms with Gasteiger partial charge in [-0.1, -0.05) is 31.5 Å². The maximum absolute atomic E-state index is 13.4. The van der Waals surface area contributed by atoms with Crippen molar-refractivity contribution in [3.05, 3.63) is 54.6 Å². The van der Waals surface area contributed by atoms with Gasteiger partial charge in [-0.2, -0.15) is 8.42 Å². The molecule has 6 nitrogen and oxygen atoms in total. The van der Waals surface area contributed by atoms with E-state index in [1.54, 1.807) is 12.1 Å². The van der Waals surface area contributed by atoms with Gasteiger partial charge in [0.2, 0.25) is 5.09 Å². The number of rotatable bonds is 7. The number of nitrogens with one attached hydrogen (secondary N) is 1. The third-order valence-electron chi connectivity index (χ3n) is 5.28. The number of hydrogen-bond acceptors (Lipinski definition) is 5. The van der Waals surface area contributed by atoms with E-state index >= 15 is 0 Å². The molecule has 29 heavy (non-hydrogen) atoms. The number of sulfonamides is 1. The smallest absolute Gasteiger partial charge is 0.297 e. The van der Waals surface area contributed by atoms with E-state index in [1.807, 2.05) is 42.5 Å². The van der Waals surface area contributed by atoms with Crippen LogP contribution in [-0.2, 0) is 10.0 Å². The van der Waals surface area contributed by atoms with E-state index < -0.39 is 10.0 Å². The summed E-state index contributed by atoms with van der Waals surface area (Å²) in [6.45, 7) is 6.31. The third-order valence-corrected chi connectivity index (χ3v) is 6.97. The SMILES string of the molecule is CCCCN(c1ccc(N2CCNCC2)cc1)S(=O)(=O)c1cc2ccccc2o1. The molecule has 2 heterocycles. The largest absolute Gasteiger partial charge is 0.443 e. The predicted molar refractivity (Wildman–Crippen MR) is 117 cm³/mol. The van der Waals surface area contributed by atoms with Gasteiger partial charge in [-0.15, -0.1) is 0 Å². The lowest BCUT2D eigenvalue weighted by atomic mass is 10.2. The second kappa shape index (κ2) is 8.47. The number of anilines is 2. The van der Waals surface area contributed by atoms with Crippen molar-refractivity contribution in [2.45, 2.75) is 24.9 Å². The number of hydrogen-bond donors (Lipinski definition) is 1. The lowest BCUT2D eigenvalue weighted by Gasteiger charge is -2.30. The van der Waals surface area contributed by atoms with E-state index in [-0.39, 0.29) is 5.09 Å². The zero-order valence-electron chi connectivity index (χ0n) is 16.7. The molecule has 0 unspecified atom stereocenters. The first-order valence-electron chi connectivity index (χ1n) is 10.2. The van der Waals surface area contributed by atoms with Gasteiger partial charge in [-0.05, 0) is 36.8 Å². The number of piperazine rings is 1. The monoisotopic (exact) mass is 413 g/mol. The molecule has 0 amide bonds. The van der Waals surface area contributed by atoms with Gasteiger partial charge < -0.3 is 14.6 Å². The number of fused-ring (bicyclic) bond motifs is 1. The predicted octanol–water partition coefficient (Wildman–Crippen LogP) is 3.84. The molecular formula is C22H27N3O3S. The summed E-state index contributed by atoms with van der Waals surface area (Å²) in [6, 6.07) is 16.8. The van der Waals surface area contributed by atoms with Gasteiger partial charge in [-0.3, -0.25) is 4.31 Å². The quantitative estimate of drug-likeness (QED) is 0.638. The number of benzene rings is 2. The van der Waals surface area contributed by atoms with Crippen LogP contribution in [0.15, 0.2) is 64.1 Å². The van der Waals surface area contributed by atoms with Crippen molar-refractivity contribution in [1.82, 2.24) is 5.32 Å². The molecule has 0 saturated carbocycles. The fourth-order valence-corrected chi connectivity index (χ4v) is 5.09. The van der Waals surface area contributed by atoms with Crippen LogP contribution in [0.1, 0.15) is 19.8 Å². The summed E-state index contributed by atoms with van der Waals surface area (Å²) in [5, 5.41) is 4.12. The summed E-state index contributed by atoms with van der Waals surface area (Å²) in [6.07, 6.45) is 1.68.